The number of thiophene rings is 1. The molecule has 0 spiro atoms. The zero-order valence-corrected chi connectivity index (χ0v) is 18.7. The Bertz CT molecular complexity index is 926. The van der Waals surface area contributed by atoms with E-state index in [0.717, 1.165) is 24.8 Å². The molecule has 0 saturated heterocycles. The van der Waals surface area contributed by atoms with Crippen LogP contribution in [0.25, 0.3) is 0 Å². The first kappa shape index (κ1) is 21.6. The highest BCUT2D eigenvalue weighted by molar-refractivity contribution is 7.10. The second kappa shape index (κ2) is 9.26. The summed E-state index contributed by atoms with van der Waals surface area (Å²) in [6, 6.07) is 7.67. The van der Waals surface area contributed by atoms with Crippen molar-refractivity contribution in [3.8, 4) is 5.75 Å². The Kier molecular flexibility index (Phi) is 6.46. The Balaban J connectivity index is 1.48. The maximum atomic E-state index is 13.3. The van der Waals surface area contributed by atoms with E-state index in [0.29, 0.717) is 12.3 Å². The highest BCUT2D eigenvalue weighted by Gasteiger charge is 2.38. The van der Waals surface area contributed by atoms with Crippen molar-refractivity contribution in [2.24, 2.45) is 0 Å². The molecule has 1 aromatic heterocycles. The first-order valence-corrected chi connectivity index (χ1v) is 11.6. The second-order valence-corrected chi connectivity index (χ2v) is 9.38. The van der Waals surface area contributed by atoms with Gasteiger partial charge in [-0.25, -0.2) is 9.18 Å². The molecule has 1 saturated carbocycles. The van der Waals surface area contributed by atoms with E-state index in [4.69, 9.17) is 4.74 Å². The average Bonchev–Trinajstić information content (AvgIpc) is 3.46. The summed E-state index contributed by atoms with van der Waals surface area (Å²) in [6.07, 6.45) is 2.67. The Morgan fingerprint density at radius 2 is 2.00 bits per heavy atom. The van der Waals surface area contributed by atoms with Crippen LogP contribution < -0.4 is 10.1 Å². The minimum atomic E-state index is -0.318. The van der Waals surface area contributed by atoms with Crippen molar-refractivity contribution in [2.45, 2.75) is 51.2 Å². The number of benzene rings is 1. The van der Waals surface area contributed by atoms with Crippen LogP contribution in [0.2, 0.25) is 0 Å². The SMILES string of the molecule is CC(C)NC(=O)N(CC(=O)N1CCc2sccc2C1COc1ccc(F)cc1)C1CC1. The van der Waals surface area contributed by atoms with Gasteiger partial charge in [0.2, 0.25) is 5.91 Å². The molecule has 6 nitrogen and oxygen atoms in total. The molecule has 0 bridgehead atoms. The summed E-state index contributed by atoms with van der Waals surface area (Å²) in [5.41, 5.74) is 1.09. The molecule has 1 aliphatic heterocycles. The maximum absolute atomic E-state index is 13.3. The molecule has 1 unspecified atom stereocenters. The van der Waals surface area contributed by atoms with E-state index in [2.05, 4.69) is 5.32 Å². The van der Waals surface area contributed by atoms with Crippen molar-refractivity contribution in [3.63, 3.8) is 0 Å². The fourth-order valence-corrected chi connectivity index (χ4v) is 4.83. The summed E-state index contributed by atoms with van der Waals surface area (Å²) < 4.78 is 19.1. The molecule has 2 aromatic rings. The molecule has 2 heterocycles. The second-order valence-electron chi connectivity index (χ2n) is 8.38. The summed E-state index contributed by atoms with van der Waals surface area (Å²) in [5.74, 6) is 0.171. The Hall–Kier alpha value is -2.61. The van der Waals surface area contributed by atoms with Gasteiger partial charge in [-0.3, -0.25) is 4.79 Å². The number of halogens is 1. The lowest BCUT2D eigenvalue weighted by atomic mass is 10.0. The smallest absolute Gasteiger partial charge is 0.318 e. The first-order chi connectivity index (χ1) is 14.9. The normalized spacial score (nSPS) is 17.9. The van der Waals surface area contributed by atoms with E-state index in [9.17, 15) is 14.0 Å². The monoisotopic (exact) mass is 445 g/mol. The highest BCUT2D eigenvalue weighted by atomic mass is 32.1. The van der Waals surface area contributed by atoms with Crippen LogP contribution in [-0.4, -0.2) is 53.5 Å². The van der Waals surface area contributed by atoms with E-state index in [1.54, 1.807) is 28.4 Å². The predicted octanol–water partition coefficient (Wildman–Crippen LogP) is 3.97. The largest absolute Gasteiger partial charge is 0.491 e. The van der Waals surface area contributed by atoms with Crippen molar-refractivity contribution < 1.29 is 18.7 Å². The lowest BCUT2D eigenvalue weighted by molar-refractivity contribution is -0.135. The van der Waals surface area contributed by atoms with Gasteiger partial charge in [-0.15, -0.1) is 11.3 Å². The summed E-state index contributed by atoms with van der Waals surface area (Å²) in [6.45, 7) is 4.76. The molecular weight excluding hydrogens is 417 g/mol. The number of amides is 3. The zero-order valence-electron chi connectivity index (χ0n) is 17.8. The fourth-order valence-electron chi connectivity index (χ4n) is 3.90. The lowest BCUT2D eigenvalue weighted by Gasteiger charge is -2.37. The molecule has 8 heteroatoms. The number of ether oxygens (including phenoxy) is 1. The minimum Gasteiger partial charge on any atom is -0.491 e. The standard InChI is InChI=1S/C23H28FN3O3S/c1-15(2)25-23(29)27(17-5-6-17)13-22(28)26-11-9-21-19(10-12-31-21)20(26)14-30-18-7-3-16(24)4-8-18/h3-4,7-8,10,12,15,17,20H,5-6,9,11,13-14H2,1-2H3,(H,25,29). The summed E-state index contributed by atoms with van der Waals surface area (Å²) >= 11 is 1.69. The number of hydrogen-bond acceptors (Lipinski definition) is 4. The third-order valence-corrected chi connectivity index (χ3v) is 6.60. The van der Waals surface area contributed by atoms with E-state index in [1.165, 1.54) is 17.0 Å². The molecule has 1 aliphatic carbocycles. The number of hydrogen-bond donors (Lipinski definition) is 1. The van der Waals surface area contributed by atoms with Crippen molar-refractivity contribution in [3.05, 3.63) is 52.0 Å². The minimum absolute atomic E-state index is 0.0176. The van der Waals surface area contributed by atoms with Crippen LogP contribution in [0, 0.1) is 5.82 Å². The Morgan fingerprint density at radius 1 is 1.26 bits per heavy atom. The van der Waals surface area contributed by atoms with Gasteiger partial charge in [-0.2, -0.15) is 0 Å². The van der Waals surface area contributed by atoms with Gasteiger partial charge < -0.3 is 19.9 Å². The van der Waals surface area contributed by atoms with Crippen molar-refractivity contribution in [2.75, 3.05) is 19.7 Å². The van der Waals surface area contributed by atoms with Crippen LogP contribution in [0.1, 0.15) is 43.2 Å². The van der Waals surface area contributed by atoms with Gasteiger partial charge >= 0.3 is 6.03 Å². The van der Waals surface area contributed by atoms with Crippen LogP contribution in [-0.2, 0) is 11.2 Å². The van der Waals surface area contributed by atoms with Crippen molar-refractivity contribution in [1.29, 1.82) is 0 Å². The Labute approximate surface area is 186 Å². The van der Waals surface area contributed by atoms with Crippen molar-refractivity contribution >= 4 is 23.3 Å². The van der Waals surface area contributed by atoms with E-state index < -0.39 is 0 Å². The highest BCUT2D eigenvalue weighted by Crippen LogP contribution is 2.34. The van der Waals surface area contributed by atoms with E-state index in [-0.39, 0.29) is 49.0 Å². The maximum Gasteiger partial charge on any atom is 0.318 e. The number of rotatable bonds is 7. The van der Waals surface area contributed by atoms with Crippen molar-refractivity contribution in [1.82, 2.24) is 15.1 Å². The lowest BCUT2D eigenvalue weighted by Crippen LogP contribution is -2.51. The molecule has 1 aromatic carbocycles. The van der Waals surface area contributed by atoms with Crippen LogP contribution in [0.3, 0.4) is 0 Å². The third kappa shape index (κ3) is 5.18. The van der Waals surface area contributed by atoms with Crippen LogP contribution in [0.4, 0.5) is 9.18 Å². The Morgan fingerprint density at radius 3 is 2.68 bits per heavy atom. The van der Waals surface area contributed by atoms with Gasteiger partial charge in [0.1, 0.15) is 24.7 Å². The molecule has 1 atom stereocenters. The quantitative estimate of drug-likeness (QED) is 0.701. The van der Waals surface area contributed by atoms with Gasteiger partial charge in [-0.1, -0.05) is 0 Å². The number of carbonyl (C=O) groups excluding carboxylic acids is 2. The van der Waals surface area contributed by atoms with Gasteiger partial charge in [-0.05, 0) is 74.4 Å². The van der Waals surface area contributed by atoms with E-state index >= 15 is 0 Å². The molecule has 3 amide bonds. The topological polar surface area (TPSA) is 61.9 Å². The molecule has 0 radical (unpaired) electrons. The van der Waals surface area contributed by atoms with Crippen LogP contribution in [0.5, 0.6) is 5.75 Å². The molecule has 4 rings (SSSR count). The third-order valence-electron chi connectivity index (χ3n) is 5.60. The predicted molar refractivity (Wildman–Crippen MR) is 118 cm³/mol. The summed E-state index contributed by atoms with van der Waals surface area (Å²) in [4.78, 5) is 30.7. The van der Waals surface area contributed by atoms with Gasteiger partial charge in [0.15, 0.2) is 0 Å². The number of urea groups is 1. The molecule has 166 valence electrons. The summed E-state index contributed by atoms with van der Waals surface area (Å²) in [5, 5.41) is 4.95. The number of nitrogens with zero attached hydrogens (tertiary/aromatic N) is 2. The van der Waals surface area contributed by atoms with Crippen LogP contribution >= 0.6 is 11.3 Å². The number of fused-ring (bicyclic) bond motifs is 1. The van der Waals surface area contributed by atoms with Crippen LogP contribution in [0.15, 0.2) is 35.7 Å². The van der Waals surface area contributed by atoms with Gasteiger partial charge in [0, 0.05) is 23.5 Å². The van der Waals surface area contributed by atoms with Gasteiger partial charge in [0.05, 0.1) is 6.04 Å². The number of nitrogens with one attached hydrogen (secondary N) is 1. The molecule has 2 aliphatic rings. The molecule has 1 fully saturated rings. The summed E-state index contributed by atoms with van der Waals surface area (Å²) in [7, 11) is 0. The van der Waals surface area contributed by atoms with E-state index in [1.807, 2.05) is 30.2 Å². The zero-order chi connectivity index (χ0) is 22.0. The average molecular weight is 446 g/mol. The molecule has 31 heavy (non-hydrogen) atoms. The van der Waals surface area contributed by atoms with Gasteiger partial charge in [0.25, 0.3) is 0 Å². The number of carbonyl (C=O) groups is 2. The molecular formula is C23H28FN3O3S. The fraction of sp³-hybridized carbons (Fsp3) is 0.478. The molecule has 1 N–H and O–H groups in total. The first-order valence-electron chi connectivity index (χ1n) is 10.7.